The van der Waals surface area contributed by atoms with Gasteiger partial charge in [-0.05, 0) is 76.5 Å². The van der Waals surface area contributed by atoms with Crippen LogP contribution in [0, 0.1) is 11.8 Å². The van der Waals surface area contributed by atoms with E-state index >= 15 is 0 Å². The van der Waals surface area contributed by atoms with E-state index in [1.807, 2.05) is 0 Å². The average Bonchev–Trinajstić information content (AvgIpc) is 3.26. The van der Waals surface area contributed by atoms with Crippen molar-refractivity contribution < 1.29 is 42.0 Å². The van der Waals surface area contributed by atoms with E-state index in [1.165, 1.54) is 6.42 Å². The van der Waals surface area contributed by atoms with Gasteiger partial charge >= 0.3 is 6.09 Å². The van der Waals surface area contributed by atoms with Crippen molar-refractivity contribution in [2.24, 2.45) is 11.8 Å². The standard InChI is InChI=1S/C32H55NO9S/c1-3-4-8-15-25(41-30-17-10-13-21-38-30)19-20-27-26(28(34)24-29(27)42-31-18-11-14-22-39-31)16-9-6-5-7-12-23-40-32(35)33-43(2,36)37/h6,9,19-20,25-31,34H,3-5,7-8,10-18,21-24H2,1-2H3,(H,33,35)/b9-6-,20-19+/t25-,26+,27+,28-,29+,30?,31?/m0/s1. The van der Waals surface area contributed by atoms with E-state index in [1.54, 1.807) is 4.72 Å². The van der Waals surface area contributed by atoms with Gasteiger partial charge in [0.05, 0.1) is 31.2 Å². The average molecular weight is 630 g/mol. The maximum atomic E-state index is 11.4. The first-order valence-electron chi connectivity index (χ1n) is 16.4. The highest BCUT2D eigenvalue weighted by Gasteiger charge is 2.42. The molecule has 0 aromatic carbocycles. The molecule has 1 saturated carbocycles. The molecule has 11 heteroatoms. The first-order chi connectivity index (χ1) is 20.7. The number of hydrogen-bond donors (Lipinski definition) is 2. The minimum Gasteiger partial charge on any atom is -0.449 e. The minimum absolute atomic E-state index is 0.0198. The van der Waals surface area contributed by atoms with Crippen LogP contribution in [0.2, 0.25) is 0 Å². The molecule has 3 fully saturated rings. The van der Waals surface area contributed by atoms with Crippen LogP contribution < -0.4 is 4.72 Å². The lowest BCUT2D eigenvalue weighted by atomic mass is 9.89. The third-order valence-corrected chi connectivity index (χ3v) is 8.84. The Kier molecular flexibility index (Phi) is 16.6. The molecule has 7 atom stereocenters. The van der Waals surface area contributed by atoms with Crippen molar-refractivity contribution in [3.63, 3.8) is 0 Å². The van der Waals surface area contributed by atoms with Gasteiger partial charge in [-0.1, -0.05) is 50.5 Å². The van der Waals surface area contributed by atoms with Crippen LogP contribution in [-0.4, -0.2) is 76.6 Å². The second-order valence-electron chi connectivity index (χ2n) is 12.1. The van der Waals surface area contributed by atoms with Crippen molar-refractivity contribution >= 4 is 16.1 Å². The third kappa shape index (κ3) is 14.4. The fraction of sp³-hybridized carbons (Fsp3) is 0.844. The molecule has 2 heterocycles. The van der Waals surface area contributed by atoms with Crippen molar-refractivity contribution in [3.8, 4) is 0 Å². The van der Waals surface area contributed by atoms with E-state index in [0.717, 1.165) is 96.5 Å². The monoisotopic (exact) mass is 629 g/mol. The number of hydrogen-bond acceptors (Lipinski definition) is 9. The van der Waals surface area contributed by atoms with Crippen LogP contribution in [0.1, 0.15) is 103 Å². The Labute approximate surface area is 258 Å². The van der Waals surface area contributed by atoms with Crippen LogP contribution in [0.4, 0.5) is 4.79 Å². The van der Waals surface area contributed by atoms with Crippen molar-refractivity contribution in [2.75, 3.05) is 26.1 Å². The van der Waals surface area contributed by atoms with Gasteiger partial charge in [-0.3, -0.25) is 0 Å². The Hall–Kier alpha value is -1.50. The molecule has 43 heavy (non-hydrogen) atoms. The summed E-state index contributed by atoms with van der Waals surface area (Å²) in [7, 11) is -3.62. The van der Waals surface area contributed by atoms with Crippen molar-refractivity contribution in [1.29, 1.82) is 0 Å². The molecule has 0 aromatic heterocycles. The number of nitrogens with one attached hydrogen (secondary N) is 1. The Morgan fingerprint density at radius 2 is 1.77 bits per heavy atom. The summed E-state index contributed by atoms with van der Waals surface area (Å²) in [6, 6.07) is 0. The zero-order chi connectivity index (χ0) is 30.9. The van der Waals surface area contributed by atoms with Crippen molar-refractivity contribution in [2.45, 2.75) is 134 Å². The third-order valence-electron chi connectivity index (χ3n) is 8.30. The Balaban J connectivity index is 1.56. The molecular weight excluding hydrogens is 574 g/mol. The van der Waals surface area contributed by atoms with E-state index in [9.17, 15) is 18.3 Å². The normalized spacial score (nSPS) is 29.3. The second-order valence-corrected chi connectivity index (χ2v) is 13.8. The van der Waals surface area contributed by atoms with Crippen LogP contribution in [-0.2, 0) is 33.7 Å². The molecule has 0 bridgehead atoms. The van der Waals surface area contributed by atoms with Crippen molar-refractivity contribution in [1.82, 2.24) is 4.72 Å². The van der Waals surface area contributed by atoms with Crippen LogP contribution >= 0.6 is 0 Å². The lowest BCUT2D eigenvalue weighted by molar-refractivity contribution is -0.193. The summed E-state index contributed by atoms with van der Waals surface area (Å²) in [6.07, 6.45) is 21.6. The molecule has 3 rings (SSSR count). The fourth-order valence-electron chi connectivity index (χ4n) is 5.99. The smallest absolute Gasteiger partial charge is 0.420 e. The zero-order valence-electron chi connectivity index (χ0n) is 26.2. The highest BCUT2D eigenvalue weighted by Crippen LogP contribution is 2.39. The molecule has 3 aliphatic rings. The highest BCUT2D eigenvalue weighted by atomic mass is 32.2. The van der Waals surface area contributed by atoms with E-state index in [2.05, 4.69) is 31.2 Å². The minimum atomic E-state index is -3.62. The quantitative estimate of drug-likeness (QED) is 0.144. The van der Waals surface area contributed by atoms with Gasteiger partial charge in [-0.15, -0.1) is 0 Å². The lowest BCUT2D eigenvalue weighted by Crippen LogP contribution is -2.31. The van der Waals surface area contributed by atoms with Gasteiger partial charge in [-0.25, -0.2) is 17.9 Å². The summed E-state index contributed by atoms with van der Waals surface area (Å²) in [5.41, 5.74) is 0. The molecule has 2 N–H and O–H groups in total. The van der Waals surface area contributed by atoms with Crippen LogP contribution in [0.15, 0.2) is 24.3 Å². The molecular formula is C32H55NO9S. The first kappa shape index (κ1) is 36.0. The van der Waals surface area contributed by atoms with Gasteiger partial charge in [-0.2, -0.15) is 0 Å². The number of aliphatic hydroxyl groups excluding tert-OH is 1. The summed E-state index contributed by atoms with van der Waals surface area (Å²) in [5.74, 6) is 0.0582. The largest absolute Gasteiger partial charge is 0.449 e. The summed E-state index contributed by atoms with van der Waals surface area (Å²) >= 11 is 0. The fourth-order valence-corrected chi connectivity index (χ4v) is 6.36. The molecule has 0 aromatic rings. The van der Waals surface area contributed by atoms with E-state index in [0.29, 0.717) is 12.8 Å². The van der Waals surface area contributed by atoms with Gasteiger partial charge in [0, 0.05) is 25.6 Å². The SMILES string of the molecule is CCCCC[C@@H](/C=C/[C@@H]1[C@@H](C/C=C\CCCCOC(=O)NS(C)(=O)=O)[C@@H](O)C[C@H]1OC1CCCCO1)OC1CCCCO1. The molecule has 10 nitrogen and oxygen atoms in total. The summed E-state index contributed by atoms with van der Waals surface area (Å²) < 4.78 is 53.4. The van der Waals surface area contributed by atoms with Crippen LogP contribution in [0.25, 0.3) is 0 Å². The van der Waals surface area contributed by atoms with E-state index < -0.39 is 22.2 Å². The Bertz CT molecular complexity index is 944. The van der Waals surface area contributed by atoms with E-state index in [4.69, 9.17) is 23.7 Å². The Morgan fingerprint density at radius 1 is 1.02 bits per heavy atom. The molecule has 2 saturated heterocycles. The van der Waals surface area contributed by atoms with E-state index in [-0.39, 0.29) is 43.2 Å². The number of carbonyl (C=O) groups excluding carboxylic acids is 1. The number of amides is 1. The number of sulfonamides is 1. The molecule has 1 aliphatic carbocycles. The summed E-state index contributed by atoms with van der Waals surface area (Å²) in [5, 5.41) is 11.1. The predicted octanol–water partition coefficient (Wildman–Crippen LogP) is 5.75. The number of carbonyl (C=O) groups is 1. The second kappa shape index (κ2) is 19.8. The number of ether oxygens (including phenoxy) is 5. The van der Waals surface area contributed by atoms with Gasteiger partial charge in [0.25, 0.3) is 0 Å². The number of rotatable bonds is 18. The molecule has 0 spiro atoms. The number of aliphatic hydroxyl groups is 1. The van der Waals surface area contributed by atoms with Crippen LogP contribution in [0.3, 0.4) is 0 Å². The van der Waals surface area contributed by atoms with Gasteiger partial charge in [0.2, 0.25) is 10.0 Å². The molecule has 1 amide bonds. The predicted molar refractivity (Wildman–Crippen MR) is 165 cm³/mol. The van der Waals surface area contributed by atoms with Gasteiger partial charge in [0.15, 0.2) is 12.6 Å². The summed E-state index contributed by atoms with van der Waals surface area (Å²) in [6.45, 7) is 3.83. The highest BCUT2D eigenvalue weighted by molar-refractivity contribution is 7.89. The molecule has 2 unspecified atom stereocenters. The van der Waals surface area contributed by atoms with Crippen molar-refractivity contribution in [3.05, 3.63) is 24.3 Å². The molecule has 248 valence electrons. The number of unbranched alkanes of at least 4 members (excludes halogenated alkanes) is 4. The maximum Gasteiger partial charge on any atom is 0.420 e. The summed E-state index contributed by atoms with van der Waals surface area (Å²) in [4.78, 5) is 11.4. The topological polar surface area (TPSA) is 130 Å². The van der Waals surface area contributed by atoms with Gasteiger partial charge < -0.3 is 28.8 Å². The van der Waals surface area contributed by atoms with Crippen LogP contribution in [0.5, 0.6) is 0 Å². The zero-order valence-corrected chi connectivity index (χ0v) is 27.0. The molecule has 0 radical (unpaired) electrons. The maximum absolute atomic E-state index is 11.4. The van der Waals surface area contributed by atoms with Gasteiger partial charge in [0.1, 0.15) is 0 Å². The Morgan fingerprint density at radius 3 is 2.44 bits per heavy atom. The molecule has 2 aliphatic heterocycles. The number of allylic oxidation sites excluding steroid dienone is 2. The first-order valence-corrected chi connectivity index (χ1v) is 18.3. The lowest BCUT2D eigenvalue weighted by Gasteiger charge is -2.30.